The maximum atomic E-state index is 12.9. The maximum Gasteiger partial charge on any atom is 0.286 e. The molecule has 0 radical (unpaired) electrons. The van der Waals surface area contributed by atoms with Crippen molar-refractivity contribution in [2.45, 2.75) is 25.9 Å². The molecule has 1 aliphatic rings. The molecule has 0 aliphatic carbocycles. The molecule has 8 nitrogen and oxygen atoms in total. The second-order valence-electron chi connectivity index (χ2n) is 6.71. The van der Waals surface area contributed by atoms with Crippen LogP contribution in [0.15, 0.2) is 24.3 Å². The van der Waals surface area contributed by atoms with Crippen LogP contribution in [0.25, 0.3) is 0 Å². The third-order valence-electron chi connectivity index (χ3n) is 4.39. The number of carbonyl (C=O) groups is 2. The van der Waals surface area contributed by atoms with Crippen LogP contribution in [0.3, 0.4) is 0 Å². The fourth-order valence-corrected chi connectivity index (χ4v) is 3.61. The molecule has 0 atom stereocenters. The van der Waals surface area contributed by atoms with Gasteiger partial charge in [-0.15, -0.1) is 10.2 Å². The number of carbonyl (C=O) groups excluding carboxylic acids is 2. The van der Waals surface area contributed by atoms with E-state index in [9.17, 15) is 14.0 Å². The van der Waals surface area contributed by atoms with E-state index in [-0.39, 0.29) is 29.9 Å². The molecule has 0 spiro atoms. The van der Waals surface area contributed by atoms with Crippen LogP contribution in [-0.4, -0.2) is 59.7 Å². The maximum absolute atomic E-state index is 12.9. The van der Waals surface area contributed by atoms with Gasteiger partial charge in [0.25, 0.3) is 5.91 Å². The monoisotopic (exact) mass is 421 g/mol. The van der Waals surface area contributed by atoms with Crippen LogP contribution in [0.4, 0.5) is 10.1 Å². The van der Waals surface area contributed by atoms with Gasteiger partial charge in [0, 0.05) is 12.2 Å². The number of ether oxygens (including phenoxy) is 1. The Morgan fingerprint density at radius 3 is 2.69 bits per heavy atom. The third kappa shape index (κ3) is 7.15. The van der Waals surface area contributed by atoms with Gasteiger partial charge in [0.15, 0.2) is 0 Å². The van der Waals surface area contributed by atoms with Crippen molar-refractivity contribution < 1.29 is 18.7 Å². The fraction of sp³-hybridized carbons (Fsp3) is 0.474. The number of hydrogen-bond donors (Lipinski definition) is 2. The summed E-state index contributed by atoms with van der Waals surface area (Å²) in [5.74, 6) is -0.990. The average Bonchev–Trinajstić information content (AvgIpc) is 3.39. The quantitative estimate of drug-likeness (QED) is 0.570. The first kappa shape index (κ1) is 21.3. The molecule has 2 aromatic rings. The molecular weight excluding hydrogens is 397 g/mol. The van der Waals surface area contributed by atoms with Crippen LogP contribution in [0.1, 0.15) is 34.1 Å². The van der Waals surface area contributed by atoms with Gasteiger partial charge in [0.2, 0.25) is 10.9 Å². The molecule has 1 aromatic carbocycles. The first-order valence-corrected chi connectivity index (χ1v) is 10.4. The number of aromatic nitrogens is 2. The van der Waals surface area contributed by atoms with Gasteiger partial charge in [-0.2, -0.15) is 0 Å². The molecule has 2 amide bonds. The van der Waals surface area contributed by atoms with E-state index in [1.165, 1.54) is 37.1 Å². The summed E-state index contributed by atoms with van der Waals surface area (Å²) in [4.78, 5) is 26.3. The number of likely N-dealkylation sites (tertiary alicyclic amines) is 1. The van der Waals surface area contributed by atoms with Crippen molar-refractivity contribution in [2.24, 2.45) is 0 Å². The summed E-state index contributed by atoms with van der Waals surface area (Å²) in [5.41, 5.74) is 0.464. The van der Waals surface area contributed by atoms with Gasteiger partial charge < -0.3 is 20.3 Å². The summed E-state index contributed by atoms with van der Waals surface area (Å²) in [6, 6.07) is 5.43. The highest BCUT2D eigenvalue weighted by atomic mass is 32.1. The number of anilines is 1. The van der Waals surface area contributed by atoms with E-state index in [4.69, 9.17) is 4.74 Å². The SMILES string of the molecule is O=C(COCc1nnc(C(=O)Nc2ccc(F)cc2)s1)NCCCN1CCCC1. The van der Waals surface area contributed by atoms with Crippen molar-refractivity contribution >= 4 is 28.8 Å². The molecule has 29 heavy (non-hydrogen) atoms. The van der Waals surface area contributed by atoms with Crippen molar-refractivity contribution in [1.82, 2.24) is 20.4 Å². The molecular formula is C19H24FN5O3S. The lowest BCUT2D eigenvalue weighted by atomic mass is 10.3. The molecule has 1 aromatic heterocycles. The fourth-order valence-electron chi connectivity index (χ4n) is 2.94. The van der Waals surface area contributed by atoms with Gasteiger partial charge in [0.05, 0.1) is 0 Å². The van der Waals surface area contributed by atoms with Crippen LogP contribution in [-0.2, 0) is 16.1 Å². The van der Waals surface area contributed by atoms with Crippen molar-refractivity contribution in [2.75, 3.05) is 38.1 Å². The second-order valence-corrected chi connectivity index (χ2v) is 7.77. The Bertz CT molecular complexity index is 808. The average molecular weight is 421 g/mol. The number of halogens is 1. The van der Waals surface area contributed by atoms with Crippen molar-refractivity contribution in [3.8, 4) is 0 Å². The Kier molecular flexibility index (Phi) is 8.03. The van der Waals surface area contributed by atoms with E-state index in [1.807, 2.05) is 0 Å². The predicted molar refractivity (Wildman–Crippen MR) is 107 cm³/mol. The van der Waals surface area contributed by atoms with E-state index in [2.05, 4.69) is 25.7 Å². The summed E-state index contributed by atoms with van der Waals surface area (Å²) in [6.45, 7) is 3.98. The van der Waals surface area contributed by atoms with E-state index >= 15 is 0 Å². The molecule has 0 bridgehead atoms. The van der Waals surface area contributed by atoms with Crippen LogP contribution in [0.2, 0.25) is 0 Å². The van der Waals surface area contributed by atoms with E-state index in [0.29, 0.717) is 17.2 Å². The Labute approximate surface area is 172 Å². The van der Waals surface area contributed by atoms with Gasteiger partial charge in [-0.3, -0.25) is 9.59 Å². The van der Waals surface area contributed by atoms with E-state index < -0.39 is 5.91 Å². The lowest BCUT2D eigenvalue weighted by molar-refractivity contribution is -0.126. The summed E-state index contributed by atoms with van der Waals surface area (Å²) >= 11 is 1.08. The topological polar surface area (TPSA) is 96.5 Å². The molecule has 1 aliphatic heterocycles. The smallest absolute Gasteiger partial charge is 0.286 e. The standard InChI is InChI=1S/C19H24FN5O3S/c20-14-4-6-15(7-5-14)22-18(27)19-24-23-17(29-19)13-28-12-16(26)21-8-3-11-25-9-1-2-10-25/h4-7H,1-3,8-13H2,(H,21,26)(H,22,27). The Morgan fingerprint density at radius 2 is 1.93 bits per heavy atom. The van der Waals surface area contributed by atoms with Crippen molar-refractivity contribution in [3.05, 3.63) is 40.1 Å². The normalized spacial score (nSPS) is 14.1. The Balaban J connectivity index is 1.31. The minimum absolute atomic E-state index is 0.0690. The number of nitrogens with zero attached hydrogens (tertiary/aromatic N) is 3. The number of rotatable bonds is 10. The predicted octanol–water partition coefficient (Wildman–Crippen LogP) is 2.05. The molecule has 2 N–H and O–H groups in total. The molecule has 156 valence electrons. The molecule has 10 heteroatoms. The summed E-state index contributed by atoms with van der Waals surface area (Å²) in [5, 5.41) is 13.8. The van der Waals surface area contributed by atoms with Crippen molar-refractivity contribution in [1.29, 1.82) is 0 Å². The van der Waals surface area contributed by atoms with Gasteiger partial charge in [-0.25, -0.2) is 4.39 Å². The molecule has 0 unspecified atom stereocenters. The van der Waals surface area contributed by atoms with Crippen molar-refractivity contribution in [3.63, 3.8) is 0 Å². The number of nitrogens with one attached hydrogen (secondary N) is 2. The summed E-state index contributed by atoms with van der Waals surface area (Å²) in [7, 11) is 0. The zero-order valence-electron chi connectivity index (χ0n) is 16.0. The Morgan fingerprint density at radius 1 is 1.17 bits per heavy atom. The van der Waals surface area contributed by atoms with Gasteiger partial charge >= 0.3 is 0 Å². The molecule has 2 heterocycles. The second kappa shape index (κ2) is 10.9. The minimum Gasteiger partial charge on any atom is -0.364 e. The number of hydrogen-bond acceptors (Lipinski definition) is 7. The van der Waals surface area contributed by atoms with Crippen LogP contribution in [0, 0.1) is 5.82 Å². The molecule has 3 rings (SSSR count). The lowest BCUT2D eigenvalue weighted by Gasteiger charge is -2.14. The molecule has 0 saturated carbocycles. The third-order valence-corrected chi connectivity index (χ3v) is 5.29. The van der Waals surface area contributed by atoms with Gasteiger partial charge in [-0.05, 0) is 63.2 Å². The zero-order valence-corrected chi connectivity index (χ0v) is 16.8. The lowest BCUT2D eigenvalue weighted by Crippen LogP contribution is -2.31. The van der Waals surface area contributed by atoms with E-state index in [0.717, 1.165) is 37.4 Å². The Hall–Kier alpha value is -2.43. The van der Waals surface area contributed by atoms with Crippen LogP contribution >= 0.6 is 11.3 Å². The van der Waals surface area contributed by atoms with Gasteiger partial charge in [0.1, 0.15) is 24.0 Å². The highest BCUT2D eigenvalue weighted by Gasteiger charge is 2.14. The minimum atomic E-state index is -0.434. The van der Waals surface area contributed by atoms with Crippen LogP contribution < -0.4 is 10.6 Å². The highest BCUT2D eigenvalue weighted by Crippen LogP contribution is 2.14. The zero-order chi connectivity index (χ0) is 20.5. The molecule has 1 fully saturated rings. The largest absolute Gasteiger partial charge is 0.364 e. The molecule has 1 saturated heterocycles. The summed E-state index contributed by atoms with van der Waals surface area (Å²) < 4.78 is 18.2. The highest BCUT2D eigenvalue weighted by molar-refractivity contribution is 7.13. The summed E-state index contributed by atoms with van der Waals surface area (Å²) in [6.07, 6.45) is 3.46. The first-order chi connectivity index (χ1) is 14.1. The van der Waals surface area contributed by atoms with Crippen LogP contribution in [0.5, 0.6) is 0 Å². The number of benzene rings is 1. The van der Waals surface area contributed by atoms with E-state index in [1.54, 1.807) is 0 Å². The first-order valence-electron chi connectivity index (χ1n) is 9.56. The number of amides is 2. The van der Waals surface area contributed by atoms with Gasteiger partial charge in [-0.1, -0.05) is 11.3 Å².